The van der Waals surface area contributed by atoms with E-state index in [1.807, 2.05) is 71.3 Å². The van der Waals surface area contributed by atoms with E-state index in [1.54, 1.807) is 35.0 Å². The summed E-state index contributed by atoms with van der Waals surface area (Å²) in [5.74, 6) is 1.91. The van der Waals surface area contributed by atoms with Crippen LogP contribution >= 0.6 is 11.8 Å². The minimum atomic E-state index is -0.453. The van der Waals surface area contributed by atoms with E-state index in [0.717, 1.165) is 46.8 Å². The molecule has 0 radical (unpaired) electrons. The monoisotopic (exact) mass is 567 g/mol. The molecule has 0 unspecified atom stereocenters. The number of hydrogen-bond acceptors (Lipinski definition) is 7. The number of thioether (sulfide) groups is 1. The normalized spacial score (nSPS) is 13.7. The molecule has 1 aromatic carbocycles. The third-order valence-corrected chi connectivity index (χ3v) is 7.70. The molecule has 0 spiro atoms. The second kappa shape index (κ2) is 14.2. The number of aryl methyl sites for hydroxylation is 3. The molecule has 3 aromatic rings. The standard InChI is InChI=1S/C28H36FN7OS.C2H6/c1-19-17-23(29)18-22(20(2)30-24-9-7-8-10-25(24)38-6)11-12-26(33(4)27(19)37)35-13-15-36(16-14-35)28-31-21(3)34(5)32-28;1-2/h7-12,17-18,20,30H,13-16H2,1-6H3;1-2H3/t20-;/m1./s1. The Morgan fingerprint density at radius 2 is 1.62 bits per heavy atom. The van der Waals surface area contributed by atoms with Crippen molar-refractivity contribution in [3.8, 4) is 0 Å². The van der Waals surface area contributed by atoms with Crippen LogP contribution in [0.15, 0.2) is 58.2 Å². The van der Waals surface area contributed by atoms with E-state index in [2.05, 4.69) is 31.3 Å². The molecule has 8 nitrogen and oxygen atoms in total. The molecule has 1 aliphatic heterocycles. The van der Waals surface area contributed by atoms with Gasteiger partial charge in [-0.05, 0) is 62.9 Å². The SMILES string of the molecule is CC.CSc1ccccc1N[C@H](C)c1ccc(N2CCN(c3nc(C)n(C)n3)CC2)n(C)c(=O)c(C)cc(F)c1. The number of rotatable bonds is 6. The average molecular weight is 568 g/mol. The molecule has 4 rings (SSSR count). The third kappa shape index (κ3) is 7.35. The molecule has 0 amide bonds. The largest absolute Gasteiger partial charge is 0.378 e. The Balaban J connectivity index is 0.00000216. The average Bonchev–Trinajstić information content (AvgIpc) is 3.30. The van der Waals surface area contributed by atoms with Crippen molar-refractivity contribution in [2.45, 2.75) is 45.6 Å². The number of hydrogen-bond donors (Lipinski definition) is 1. The first-order chi connectivity index (χ1) is 19.2. The fraction of sp³-hybridized carbons (Fsp3) is 0.433. The zero-order valence-electron chi connectivity index (χ0n) is 24.9. The maximum atomic E-state index is 15.0. The first kappa shape index (κ1) is 31.0. The molecule has 40 heavy (non-hydrogen) atoms. The lowest BCUT2D eigenvalue weighted by Gasteiger charge is -2.35. The van der Waals surface area contributed by atoms with Crippen LogP contribution in [0.1, 0.15) is 43.8 Å². The molecule has 1 atom stereocenters. The van der Waals surface area contributed by atoms with Gasteiger partial charge in [-0.3, -0.25) is 14.0 Å². The van der Waals surface area contributed by atoms with Crippen molar-refractivity contribution in [3.05, 3.63) is 81.7 Å². The van der Waals surface area contributed by atoms with Gasteiger partial charge in [0, 0.05) is 62.5 Å². The van der Waals surface area contributed by atoms with E-state index in [-0.39, 0.29) is 11.6 Å². The highest BCUT2D eigenvalue weighted by atomic mass is 32.2. The van der Waals surface area contributed by atoms with Crippen molar-refractivity contribution in [3.63, 3.8) is 0 Å². The van der Waals surface area contributed by atoms with Crippen LogP contribution < -0.4 is 20.7 Å². The molecule has 10 heteroatoms. The van der Waals surface area contributed by atoms with Crippen molar-refractivity contribution < 1.29 is 4.39 Å². The molecule has 0 aliphatic carbocycles. The van der Waals surface area contributed by atoms with Gasteiger partial charge in [-0.15, -0.1) is 16.9 Å². The Kier molecular flexibility index (Phi) is 11.0. The van der Waals surface area contributed by atoms with Gasteiger partial charge in [0.15, 0.2) is 0 Å². The summed E-state index contributed by atoms with van der Waals surface area (Å²) in [6.45, 7) is 12.5. The lowest BCUT2D eigenvalue weighted by Crippen LogP contribution is -2.48. The number of nitrogens with one attached hydrogen (secondary N) is 1. The lowest BCUT2D eigenvalue weighted by molar-refractivity contribution is 0.615. The van der Waals surface area contributed by atoms with Gasteiger partial charge in [-0.25, -0.2) is 4.39 Å². The Morgan fingerprint density at radius 3 is 2.25 bits per heavy atom. The smallest absolute Gasteiger partial charge is 0.254 e. The van der Waals surface area contributed by atoms with E-state index < -0.39 is 5.82 Å². The summed E-state index contributed by atoms with van der Waals surface area (Å²) in [5, 5.41) is 8.03. The number of piperazine rings is 1. The van der Waals surface area contributed by atoms with Crippen LogP contribution in [0.25, 0.3) is 0 Å². The predicted molar refractivity (Wildman–Crippen MR) is 166 cm³/mol. The molecular formula is C30H42FN7OS. The van der Waals surface area contributed by atoms with E-state index in [9.17, 15) is 9.18 Å². The quantitative estimate of drug-likeness (QED) is 0.387. The van der Waals surface area contributed by atoms with Gasteiger partial charge in [0.2, 0.25) is 5.95 Å². The summed E-state index contributed by atoms with van der Waals surface area (Å²) in [6, 6.07) is 14.5. The molecule has 1 N–H and O–H groups in total. The summed E-state index contributed by atoms with van der Waals surface area (Å²) >= 11 is 1.66. The molecule has 1 saturated heterocycles. The zero-order chi connectivity index (χ0) is 29.4. The van der Waals surface area contributed by atoms with Crippen LogP contribution in [0.4, 0.5) is 21.8 Å². The maximum absolute atomic E-state index is 15.0. The number of para-hydroxylation sites is 1. The highest BCUT2D eigenvalue weighted by Gasteiger charge is 2.22. The van der Waals surface area contributed by atoms with Crippen molar-refractivity contribution in [1.29, 1.82) is 0 Å². The topological polar surface area (TPSA) is 71.2 Å². The van der Waals surface area contributed by atoms with Crippen LogP contribution in [0.2, 0.25) is 0 Å². The summed E-state index contributed by atoms with van der Waals surface area (Å²) < 4.78 is 18.3. The Morgan fingerprint density at radius 1 is 0.975 bits per heavy atom. The zero-order valence-corrected chi connectivity index (χ0v) is 25.7. The first-order valence-corrected chi connectivity index (χ1v) is 14.9. The second-order valence-corrected chi connectivity index (χ2v) is 10.4. The predicted octanol–water partition coefficient (Wildman–Crippen LogP) is 5.64. The number of nitrogens with zero attached hydrogens (tertiary/aromatic N) is 6. The molecule has 0 bridgehead atoms. The van der Waals surface area contributed by atoms with Gasteiger partial charge < -0.3 is 15.1 Å². The molecular weight excluding hydrogens is 525 g/mol. The van der Waals surface area contributed by atoms with Crippen LogP contribution in [0.3, 0.4) is 0 Å². The number of benzene rings is 1. The van der Waals surface area contributed by atoms with Crippen LogP contribution in [-0.2, 0) is 14.1 Å². The molecule has 3 heterocycles. The van der Waals surface area contributed by atoms with Crippen LogP contribution in [0.5, 0.6) is 0 Å². The molecule has 1 aliphatic rings. The van der Waals surface area contributed by atoms with Gasteiger partial charge in [0.25, 0.3) is 5.56 Å². The Bertz CT molecular complexity index is 1390. The fourth-order valence-electron chi connectivity index (χ4n) is 4.55. The summed E-state index contributed by atoms with van der Waals surface area (Å²) in [6.07, 6.45) is 2.04. The van der Waals surface area contributed by atoms with Crippen molar-refractivity contribution in [2.24, 2.45) is 14.1 Å². The number of aromatic nitrogens is 4. The Labute approximate surface area is 241 Å². The van der Waals surface area contributed by atoms with E-state index in [0.29, 0.717) is 18.7 Å². The van der Waals surface area contributed by atoms with E-state index in [4.69, 9.17) is 0 Å². The van der Waals surface area contributed by atoms with Gasteiger partial charge >= 0.3 is 0 Å². The van der Waals surface area contributed by atoms with E-state index in [1.165, 1.54) is 12.1 Å². The van der Waals surface area contributed by atoms with Gasteiger partial charge in [0.1, 0.15) is 17.5 Å². The van der Waals surface area contributed by atoms with Crippen molar-refractivity contribution >= 4 is 29.2 Å². The second-order valence-electron chi connectivity index (χ2n) is 9.54. The lowest BCUT2D eigenvalue weighted by atomic mass is 10.1. The first-order valence-electron chi connectivity index (χ1n) is 13.7. The molecule has 216 valence electrons. The van der Waals surface area contributed by atoms with Gasteiger partial charge in [0.05, 0.1) is 0 Å². The van der Waals surface area contributed by atoms with Gasteiger partial charge in [-0.2, -0.15) is 4.98 Å². The fourth-order valence-corrected chi connectivity index (χ4v) is 5.11. The minimum Gasteiger partial charge on any atom is -0.378 e. The molecule has 1 fully saturated rings. The van der Waals surface area contributed by atoms with Crippen LogP contribution in [-0.4, -0.2) is 51.8 Å². The van der Waals surface area contributed by atoms with Crippen molar-refractivity contribution in [2.75, 3.05) is 47.6 Å². The minimum absolute atomic E-state index is 0.170. The number of halogens is 1. The summed E-state index contributed by atoms with van der Waals surface area (Å²) in [7, 11) is 3.63. The number of anilines is 3. The van der Waals surface area contributed by atoms with Crippen molar-refractivity contribution in [1.82, 2.24) is 19.3 Å². The highest BCUT2D eigenvalue weighted by molar-refractivity contribution is 7.98. The molecule has 2 aromatic heterocycles. The highest BCUT2D eigenvalue weighted by Crippen LogP contribution is 2.28. The summed E-state index contributed by atoms with van der Waals surface area (Å²) in [4.78, 5) is 23.2. The molecule has 0 saturated carbocycles. The maximum Gasteiger partial charge on any atom is 0.254 e. The van der Waals surface area contributed by atoms with Crippen LogP contribution in [0, 0.1) is 19.7 Å². The van der Waals surface area contributed by atoms with E-state index >= 15 is 0 Å². The summed E-state index contributed by atoms with van der Waals surface area (Å²) in [5.41, 5.74) is 1.88. The Hall–Kier alpha value is -3.53. The van der Waals surface area contributed by atoms with Gasteiger partial charge in [-0.1, -0.05) is 32.0 Å². The third-order valence-electron chi connectivity index (χ3n) is 6.90.